The maximum Gasteiger partial charge on any atom is 0.367 e. The van der Waals surface area contributed by atoms with Crippen LogP contribution in [-0.4, -0.2) is 26.1 Å². The first-order valence-corrected chi connectivity index (χ1v) is 10.0. The van der Waals surface area contributed by atoms with E-state index in [0.29, 0.717) is 11.4 Å². The SMILES string of the molecule is CC=C1C(=O)ON=C1[C@@H](Cc1ccccc1)NS(=O)(=O)c1ccc(Cl)cc1. The molecule has 0 saturated heterocycles. The van der Waals surface area contributed by atoms with E-state index in [1.165, 1.54) is 24.3 Å². The topological polar surface area (TPSA) is 84.8 Å². The lowest BCUT2D eigenvalue weighted by atomic mass is 9.98. The van der Waals surface area contributed by atoms with Crippen molar-refractivity contribution in [3.05, 3.63) is 76.8 Å². The standard InChI is InChI=1S/C19H17ClN2O4S/c1-2-16-18(21-26-19(16)23)17(12-13-6-4-3-5-7-13)22-27(24,25)15-10-8-14(20)9-11-15/h2-11,17,22H,12H2,1H3/t17-/m1/s1. The second-order valence-corrected chi connectivity index (χ2v) is 8.03. The van der Waals surface area contributed by atoms with E-state index in [2.05, 4.69) is 9.88 Å². The van der Waals surface area contributed by atoms with Crippen LogP contribution in [0.2, 0.25) is 5.02 Å². The number of halogens is 1. The van der Waals surface area contributed by atoms with Gasteiger partial charge in [0.1, 0.15) is 5.71 Å². The average Bonchev–Trinajstić information content (AvgIpc) is 3.03. The molecule has 140 valence electrons. The highest BCUT2D eigenvalue weighted by Gasteiger charge is 2.34. The summed E-state index contributed by atoms with van der Waals surface area (Å²) in [6.07, 6.45) is 1.86. The second-order valence-electron chi connectivity index (χ2n) is 5.88. The zero-order valence-electron chi connectivity index (χ0n) is 14.4. The van der Waals surface area contributed by atoms with Crippen molar-refractivity contribution in [1.29, 1.82) is 0 Å². The van der Waals surface area contributed by atoms with Gasteiger partial charge in [-0.1, -0.05) is 53.2 Å². The number of sulfonamides is 1. The smallest absolute Gasteiger partial charge is 0.312 e. The molecule has 2 aromatic rings. The van der Waals surface area contributed by atoms with Gasteiger partial charge in [-0.25, -0.2) is 17.9 Å². The summed E-state index contributed by atoms with van der Waals surface area (Å²) in [6, 6.07) is 14.4. The van der Waals surface area contributed by atoms with E-state index < -0.39 is 22.0 Å². The highest BCUT2D eigenvalue weighted by molar-refractivity contribution is 7.89. The Labute approximate surface area is 162 Å². The minimum atomic E-state index is -3.87. The minimum absolute atomic E-state index is 0.0674. The highest BCUT2D eigenvalue weighted by atomic mass is 35.5. The number of carbonyl (C=O) groups is 1. The molecule has 0 bridgehead atoms. The third-order valence-electron chi connectivity index (χ3n) is 4.05. The molecule has 8 heteroatoms. The van der Waals surface area contributed by atoms with E-state index in [0.717, 1.165) is 5.56 Å². The molecule has 1 heterocycles. The van der Waals surface area contributed by atoms with E-state index in [-0.39, 0.29) is 16.2 Å². The van der Waals surface area contributed by atoms with Gasteiger partial charge in [0, 0.05) is 5.02 Å². The van der Waals surface area contributed by atoms with Crippen molar-refractivity contribution in [2.24, 2.45) is 5.16 Å². The lowest BCUT2D eigenvalue weighted by molar-refractivity contribution is -0.136. The summed E-state index contributed by atoms with van der Waals surface area (Å²) in [5.74, 6) is -0.601. The van der Waals surface area contributed by atoms with Gasteiger partial charge < -0.3 is 4.84 Å². The molecular weight excluding hydrogens is 388 g/mol. The Bertz CT molecular complexity index is 1000. The van der Waals surface area contributed by atoms with Gasteiger partial charge in [-0.2, -0.15) is 0 Å². The minimum Gasteiger partial charge on any atom is -0.312 e. The van der Waals surface area contributed by atoms with Crippen molar-refractivity contribution in [3.8, 4) is 0 Å². The first-order chi connectivity index (χ1) is 12.9. The van der Waals surface area contributed by atoms with E-state index in [1.54, 1.807) is 13.0 Å². The Morgan fingerprint density at radius 3 is 2.44 bits per heavy atom. The van der Waals surface area contributed by atoms with Gasteiger partial charge in [0.15, 0.2) is 0 Å². The largest absolute Gasteiger partial charge is 0.367 e. The van der Waals surface area contributed by atoms with E-state index in [9.17, 15) is 13.2 Å². The fraction of sp³-hybridized carbons (Fsp3) is 0.158. The van der Waals surface area contributed by atoms with Crippen LogP contribution in [0.25, 0.3) is 0 Å². The molecule has 0 amide bonds. The van der Waals surface area contributed by atoms with Gasteiger partial charge in [-0.15, -0.1) is 0 Å². The van der Waals surface area contributed by atoms with Crippen LogP contribution in [0.5, 0.6) is 0 Å². The zero-order valence-corrected chi connectivity index (χ0v) is 16.0. The summed E-state index contributed by atoms with van der Waals surface area (Å²) in [6.45, 7) is 1.67. The van der Waals surface area contributed by atoms with Gasteiger partial charge in [-0.3, -0.25) is 0 Å². The normalized spacial score (nSPS) is 16.9. The Kier molecular flexibility index (Phi) is 5.74. The molecule has 0 fully saturated rings. The predicted octanol–water partition coefficient (Wildman–Crippen LogP) is 3.09. The molecule has 0 aliphatic carbocycles. The molecule has 0 saturated carbocycles. The molecule has 1 atom stereocenters. The monoisotopic (exact) mass is 404 g/mol. The number of nitrogens with zero attached hydrogens (tertiary/aromatic N) is 1. The van der Waals surface area contributed by atoms with Crippen molar-refractivity contribution in [2.75, 3.05) is 0 Å². The molecule has 0 unspecified atom stereocenters. The van der Waals surface area contributed by atoms with E-state index in [4.69, 9.17) is 16.4 Å². The molecule has 1 N–H and O–H groups in total. The Morgan fingerprint density at radius 2 is 1.81 bits per heavy atom. The molecule has 1 aliphatic rings. The molecule has 1 aliphatic heterocycles. The lowest BCUT2D eigenvalue weighted by Crippen LogP contribution is -2.42. The van der Waals surface area contributed by atoms with Crippen molar-refractivity contribution in [3.63, 3.8) is 0 Å². The zero-order chi connectivity index (χ0) is 19.4. The first kappa shape index (κ1) is 19.3. The number of carbonyl (C=O) groups excluding carboxylic acids is 1. The number of hydrogen-bond donors (Lipinski definition) is 1. The van der Waals surface area contributed by atoms with E-state index in [1.807, 2.05) is 30.3 Å². The summed E-state index contributed by atoms with van der Waals surface area (Å²) in [5.41, 5.74) is 1.39. The van der Waals surface area contributed by atoms with Crippen LogP contribution in [0.15, 0.2) is 76.3 Å². The van der Waals surface area contributed by atoms with Gasteiger partial charge in [-0.05, 0) is 43.2 Å². The van der Waals surface area contributed by atoms with Crippen molar-refractivity contribution < 1.29 is 18.0 Å². The maximum atomic E-state index is 12.8. The second kappa shape index (κ2) is 8.04. The van der Waals surface area contributed by atoms with Crippen LogP contribution in [0, 0.1) is 0 Å². The molecule has 3 rings (SSSR count). The van der Waals surface area contributed by atoms with Crippen molar-refractivity contribution >= 4 is 33.3 Å². The Morgan fingerprint density at radius 1 is 1.15 bits per heavy atom. The third kappa shape index (κ3) is 4.44. The number of allylic oxidation sites excluding steroid dienone is 1. The van der Waals surface area contributed by atoms with Crippen molar-refractivity contribution in [1.82, 2.24) is 4.72 Å². The van der Waals surface area contributed by atoms with E-state index >= 15 is 0 Å². The highest BCUT2D eigenvalue weighted by Crippen LogP contribution is 2.20. The van der Waals surface area contributed by atoms with Crippen molar-refractivity contribution in [2.45, 2.75) is 24.3 Å². The summed E-state index contributed by atoms with van der Waals surface area (Å²) in [5, 5.41) is 4.24. The van der Waals surface area contributed by atoms with Crippen LogP contribution >= 0.6 is 11.6 Å². The van der Waals surface area contributed by atoms with Crippen LogP contribution in [0.3, 0.4) is 0 Å². The predicted molar refractivity (Wildman–Crippen MR) is 103 cm³/mol. The summed E-state index contributed by atoms with van der Waals surface area (Å²) < 4.78 is 28.3. The molecule has 0 radical (unpaired) electrons. The maximum absolute atomic E-state index is 12.8. The van der Waals surface area contributed by atoms with Crippen LogP contribution in [-0.2, 0) is 26.1 Å². The van der Waals surface area contributed by atoms with Gasteiger partial charge in [0.05, 0.1) is 16.5 Å². The third-order valence-corrected chi connectivity index (χ3v) is 5.79. The number of benzene rings is 2. The molecule has 27 heavy (non-hydrogen) atoms. The Balaban J connectivity index is 1.94. The quantitative estimate of drug-likeness (QED) is 0.592. The molecule has 0 spiro atoms. The number of hydrogen-bond acceptors (Lipinski definition) is 5. The molecular formula is C19H17ClN2O4S. The number of nitrogens with one attached hydrogen (secondary N) is 1. The summed E-state index contributed by atoms with van der Waals surface area (Å²) in [7, 11) is -3.87. The summed E-state index contributed by atoms with van der Waals surface area (Å²) in [4.78, 5) is 16.7. The van der Waals surface area contributed by atoms with Crippen LogP contribution in [0.4, 0.5) is 0 Å². The van der Waals surface area contributed by atoms with Crippen LogP contribution in [0.1, 0.15) is 12.5 Å². The lowest BCUT2D eigenvalue weighted by Gasteiger charge is -2.18. The average molecular weight is 405 g/mol. The van der Waals surface area contributed by atoms with Gasteiger partial charge in [0.2, 0.25) is 10.0 Å². The van der Waals surface area contributed by atoms with Crippen LogP contribution < -0.4 is 4.72 Å². The fourth-order valence-corrected chi connectivity index (χ4v) is 4.05. The number of oxime groups is 1. The first-order valence-electron chi connectivity index (χ1n) is 8.18. The van der Waals surface area contributed by atoms with Gasteiger partial charge in [0.25, 0.3) is 0 Å². The van der Waals surface area contributed by atoms with Gasteiger partial charge >= 0.3 is 5.97 Å². The molecule has 6 nitrogen and oxygen atoms in total. The Hall–Kier alpha value is -2.48. The molecule has 0 aromatic heterocycles. The number of rotatable bonds is 6. The fourth-order valence-electron chi connectivity index (χ4n) is 2.72. The summed E-state index contributed by atoms with van der Waals surface area (Å²) >= 11 is 5.84. The molecule has 2 aromatic carbocycles.